The number of anilines is 1. The minimum Gasteiger partial charge on any atom is -0.497 e. The normalized spacial score (nSPS) is 11.2. The Balaban J connectivity index is 1.67. The minimum atomic E-state index is -3.55. The zero-order valence-electron chi connectivity index (χ0n) is 17.9. The van der Waals surface area contributed by atoms with Crippen molar-refractivity contribution in [1.29, 1.82) is 0 Å². The Kier molecular flexibility index (Phi) is 7.75. The van der Waals surface area contributed by atoms with Gasteiger partial charge in [-0.15, -0.1) is 10.2 Å². The maximum Gasteiger partial charge on any atom is 0.234 e. The lowest BCUT2D eigenvalue weighted by Gasteiger charge is -2.11. The summed E-state index contributed by atoms with van der Waals surface area (Å²) in [4.78, 5) is 12.7. The summed E-state index contributed by atoms with van der Waals surface area (Å²) in [6, 6.07) is 13.3. The summed E-state index contributed by atoms with van der Waals surface area (Å²) in [6.45, 7) is 2.34. The molecule has 3 rings (SSSR count). The number of carbonyl (C=O) groups is 1. The van der Waals surface area contributed by atoms with Crippen LogP contribution in [0.25, 0.3) is 0 Å². The fourth-order valence-corrected chi connectivity index (χ4v) is 5.06. The molecule has 0 fully saturated rings. The van der Waals surface area contributed by atoms with Gasteiger partial charge < -0.3 is 19.4 Å². The monoisotopic (exact) mass is 476 g/mol. The number of methoxy groups -OCH3 is 2. The van der Waals surface area contributed by atoms with Crippen LogP contribution >= 0.6 is 11.8 Å². The topological polar surface area (TPSA) is 112 Å². The smallest absolute Gasteiger partial charge is 0.234 e. The molecule has 1 heterocycles. The van der Waals surface area contributed by atoms with Crippen LogP contribution < -0.4 is 14.8 Å². The first-order chi connectivity index (χ1) is 15.4. The molecule has 2 aromatic carbocycles. The van der Waals surface area contributed by atoms with E-state index in [1.807, 2.05) is 6.92 Å². The number of aromatic nitrogens is 3. The Labute approximate surface area is 191 Å². The van der Waals surface area contributed by atoms with Crippen LogP contribution in [0.3, 0.4) is 0 Å². The predicted octanol–water partition coefficient (Wildman–Crippen LogP) is 3.02. The molecule has 0 unspecified atom stereocenters. The molecule has 0 atom stereocenters. The van der Waals surface area contributed by atoms with Crippen LogP contribution in [-0.4, -0.2) is 49.1 Å². The average Bonchev–Trinajstić information content (AvgIpc) is 3.19. The van der Waals surface area contributed by atoms with Crippen molar-refractivity contribution in [2.75, 3.05) is 25.3 Å². The molecular weight excluding hydrogens is 452 g/mol. The van der Waals surface area contributed by atoms with Crippen LogP contribution in [0.2, 0.25) is 0 Å². The standard InChI is InChI=1S/C21H24N4O5S2/c1-4-25-19(14-32(27,28)16-8-6-5-7-9-16)23-24-21(25)31-13-20(26)22-17-11-10-15(29-2)12-18(17)30-3/h5-12H,4,13-14H2,1-3H3,(H,22,26). The molecule has 1 amide bonds. The molecule has 0 radical (unpaired) electrons. The van der Waals surface area contributed by atoms with Crippen LogP contribution in [0, 0.1) is 0 Å². The first-order valence-electron chi connectivity index (χ1n) is 9.72. The molecule has 9 nitrogen and oxygen atoms in total. The van der Waals surface area contributed by atoms with Gasteiger partial charge in [0, 0.05) is 12.6 Å². The van der Waals surface area contributed by atoms with Gasteiger partial charge in [-0.25, -0.2) is 8.42 Å². The highest BCUT2D eigenvalue weighted by Gasteiger charge is 2.21. The van der Waals surface area contributed by atoms with Gasteiger partial charge in [-0.1, -0.05) is 30.0 Å². The van der Waals surface area contributed by atoms with Gasteiger partial charge in [-0.2, -0.15) is 0 Å². The van der Waals surface area contributed by atoms with E-state index in [-0.39, 0.29) is 22.3 Å². The molecule has 0 saturated heterocycles. The maximum atomic E-state index is 12.7. The first kappa shape index (κ1) is 23.6. The number of nitrogens with zero attached hydrogens (tertiary/aromatic N) is 3. The lowest BCUT2D eigenvalue weighted by molar-refractivity contribution is -0.113. The highest BCUT2D eigenvalue weighted by molar-refractivity contribution is 7.99. The highest BCUT2D eigenvalue weighted by Crippen LogP contribution is 2.29. The largest absolute Gasteiger partial charge is 0.497 e. The van der Waals surface area contributed by atoms with Gasteiger partial charge in [0.1, 0.15) is 23.1 Å². The highest BCUT2D eigenvalue weighted by atomic mass is 32.2. The Morgan fingerprint density at radius 3 is 2.50 bits per heavy atom. The van der Waals surface area contributed by atoms with Gasteiger partial charge in [-0.05, 0) is 31.2 Å². The molecule has 1 N–H and O–H groups in total. The third-order valence-corrected chi connectivity index (χ3v) is 7.14. The van der Waals surface area contributed by atoms with Gasteiger partial charge in [-0.3, -0.25) is 4.79 Å². The number of sulfone groups is 1. The number of thioether (sulfide) groups is 1. The average molecular weight is 477 g/mol. The molecule has 0 saturated carbocycles. The summed E-state index contributed by atoms with van der Waals surface area (Å²) in [5.74, 6) is 0.960. The Morgan fingerprint density at radius 1 is 1.09 bits per heavy atom. The van der Waals surface area contributed by atoms with Crippen molar-refractivity contribution in [3.63, 3.8) is 0 Å². The van der Waals surface area contributed by atoms with Crippen molar-refractivity contribution in [2.45, 2.75) is 29.3 Å². The van der Waals surface area contributed by atoms with Gasteiger partial charge in [0.15, 0.2) is 15.0 Å². The summed E-state index contributed by atoms with van der Waals surface area (Å²) < 4.78 is 37.5. The number of hydrogen-bond donors (Lipinski definition) is 1. The lowest BCUT2D eigenvalue weighted by atomic mass is 10.2. The third kappa shape index (κ3) is 5.60. The Bertz CT molecular complexity index is 1180. The van der Waals surface area contributed by atoms with Crippen LogP contribution in [0.15, 0.2) is 58.6 Å². The third-order valence-electron chi connectivity index (χ3n) is 4.55. The zero-order chi connectivity index (χ0) is 23.1. The van der Waals surface area contributed by atoms with E-state index in [2.05, 4.69) is 15.5 Å². The summed E-state index contributed by atoms with van der Waals surface area (Å²) in [6.07, 6.45) is 0. The van der Waals surface area contributed by atoms with Crippen LogP contribution in [0.1, 0.15) is 12.7 Å². The first-order valence-corrected chi connectivity index (χ1v) is 12.4. The van der Waals surface area contributed by atoms with E-state index < -0.39 is 9.84 Å². The molecule has 1 aromatic heterocycles. The summed E-state index contributed by atoms with van der Waals surface area (Å²) >= 11 is 1.18. The summed E-state index contributed by atoms with van der Waals surface area (Å²) in [5, 5.41) is 11.4. The molecule has 170 valence electrons. The fraction of sp³-hybridized carbons (Fsp3) is 0.286. The SMILES string of the molecule is CCn1c(CS(=O)(=O)c2ccccc2)nnc1SCC(=O)Nc1ccc(OC)cc1OC. The number of amides is 1. The van der Waals surface area contributed by atoms with Crippen molar-refractivity contribution >= 4 is 33.2 Å². The summed E-state index contributed by atoms with van der Waals surface area (Å²) in [7, 11) is -0.498. The van der Waals surface area contributed by atoms with Gasteiger partial charge in [0.05, 0.1) is 30.6 Å². The molecule has 32 heavy (non-hydrogen) atoms. The zero-order valence-corrected chi connectivity index (χ0v) is 19.6. The summed E-state index contributed by atoms with van der Waals surface area (Å²) in [5.41, 5.74) is 0.519. The van der Waals surface area contributed by atoms with E-state index in [4.69, 9.17) is 9.47 Å². The molecule has 0 aliphatic rings. The number of carbonyl (C=O) groups excluding carboxylic acids is 1. The van der Waals surface area contributed by atoms with E-state index in [1.165, 1.54) is 18.9 Å². The number of nitrogens with one attached hydrogen (secondary N) is 1. The van der Waals surface area contributed by atoms with Gasteiger partial charge in [0.2, 0.25) is 5.91 Å². The van der Waals surface area contributed by atoms with E-state index in [1.54, 1.807) is 60.2 Å². The van der Waals surface area contributed by atoms with Gasteiger partial charge >= 0.3 is 0 Å². The second-order valence-corrected chi connectivity index (χ2v) is 9.55. The predicted molar refractivity (Wildman–Crippen MR) is 122 cm³/mol. The van der Waals surface area contributed by atoms with Crippen molar-refractivity contribution in [3.05, 3.63) is 54.4 Å². The Morgan fingerprint density at radius 2 is 1.84 bits per heavy atom. The van der Waals surface area contributed by atoms with E-state index in [0.717, 1.165) is 0 Å². The van der Waals surface area contributed by atoms with E-state index in [0.29, 0.717) is 34.7 Å². The number of hydrogen-bond acceptors (Lipinski definition) is 8. The maximum absolute atomic E-state index is 12.7. The molecule has 0 spiro atoms. The molecule has 0 aliphatic heterocycles. The second kappa shape index (κ2) is 10.5. The molecule has 0 bridgehead atoms. The molecule has 0 aliphatic carbocycles. The fourth-order valence-electron chi connectivity index (χ4n) is 2.95. The lowest BCUT2D eigenvalue weighted by Crippen LogP contribution is -2.15. The quantitative estimate of drug-likeness (QED) is 0.445. The van der Waals surface area contributed by atoms with Crippen molar-refractivity contribution in [1.82, 2.24) is 14.8 Å². The molecule has 3 aromatic rings. The van der Waals surface area contributed by atoms with Crippen LogP contribution in [0.5, 0.6) is 11.5 Å². The van der Waals surface area contributed by atoms with Crippen molar-refractivity contribution < 1.29 is 22.7 Å². The Hall–Kier alpha value is -3.05. The molecule has 11 heteroatoms. The van der Waals surface area contributed by atoms with E-state index >= 15 is 0 Å². The van der Waals surface area contributed by atoms with E-state index in [9.17, 15) is 13.2 Å². The van der Waals surface area contributed by atoms with Gasteiger partial charge in [0.25, 0.3) is 0 Å². The van der Waals surface area contributed by atoms with Crippen LogP contribution in [-0.2, 0) is 26.9 Å². The van der Waals surface area contributed by atoms with Crippen molar-refractivity contribution in [2.24, 2.45) is 0 Å². The number of rotatable bonds is 10. The number of benzene rings is 2. The minimum absolute atomic E-state index is 0.0682. The second-order valence-electron chi connectivity index (χ2n) is 6.62. The van der Waals surface area contributed by atoms with Crippen LogP contribution in [0.4, 0.5) is 5.69 Å². The molecular formula is C21H24N4O5S2. The number of ether oxygens (including phenoxy) is 2. The van der Waals surface area contributed by atoms with Crippen molar-refractivity contribution in [3.8, 4) is 11.5 Å².